The Morgan fingerprint density at radius 2 is 1.79 bits per heavy atom. The van der Waals surface area contributed by atoms with Gasteiger partial charge in [-0.2, -0.15) is 0 Å². The first-order valence-electron chi connectivity index (χ1n) is 11.8. The van der Waals surface area contributed by atoms with Crippen molar-refractivity contribution in [1.29, 1.82) is 0 Å². The van der Waals surface area contributed by atoms with Crippen molar-refractivity contribution in [2.24, 2.45) is 10.9 Å². The molecule has 6 nitrogen and oxygen atoms in total. The van der Waals surface area contributed by atoms with Gasteiger partial charge >= 0.3 is 0 Å². The van der Waals surface area contributed by atoms with Crippen molar-refractivity contribution < 1.29 is 9.47 Å². The van der Waals surface area contributed by atoms with Crippen LogP contribution in [0.1, 0.15) is 64.7 Å². The highest BCUT2D eigenvalue weighted by Crippen LogP contribution is 2.26. The van der Waals surface area contributed by atoms with Gasteiger partial charge in [0.15, 0.2) is 5.96 Å². The highest BCUT2D eigenvalue weighted by atomic mass is 127. The molecule has 0 aromatic rings. The first-order chi connectivity index (χ1) is 13.8. The second-order valence-electron chi connectivity index (χ2n) is 8.64. The van der Waals surface area contributed by atoms with Gasteiger partial charge in [-0.05, 0) is 57.8 Å². The van der Waals surface area contributed by atoms with Gasteiger partial charge < -0.3 is 25.0 Å². The van der Waals surface area contributed by atoms with Crippen LogP contribution in [-0.2, 0) is 9.47 Å². The van der Waals surface area contributed by atoms with E-state index in [1.165, 1.54) is 51.6 Å². The molecule has 2 heterocycles. The summed E-state index contributed by atoms with van der Waals surface area (Å²) in [5.74, 6) is 1.66. The lowest BCUT2D eigenvalue weighted by molar-refractivity contribution is 0.0205. The van der Waals surface area contributed by atoms with Gasteiger partial charge in [0.25, 0.3) is 0 Å². The molecule has 0 spiro atoms. The minimum absolute atomic E-state index is 0. The molecule has 1 aliphatic carbocycles. The SMILES string of the molecule is CCNC(=NCCCOCC1CCOCC1)NC1CCN(C2CCCC2)CC1.I. The lowest BCUT2D eigenvalue weighted by atomic mass is 10.0. The normalized spacial score (nSPS) is 23.1. The van der Waals surface area contributed by atoms with Gasteiger partial charge in [0.2, 0.25) is 0 Å². The Balaban J connectivity index is 0.00000300. The topological polar surface area (TPSA) is 58.1 Å². The Labute approximate surface area is 195 Å². The number of halogens is 1. The van der Waals surface area contributed by atoms with Gasteiger partial charge in [-0.25, -0.2) is 0 Å². The van der Waals surface area contributed by atoms with Gasteiger partial charge in [-0.1, -0.05) is 12.8 Å². The lowest BCUT2D eigenvalue weighted by Crippen LogP contribution is -2.50. The third-order valence-electron chi connectivity index (χ3n) is 6.47. The third kappa shape index (κ3) is 9.27. The summed E-state index contributed by atoms with van der Waals surface area (Å²) in [7, 11) is 0. The third-order valence-corrected chi connectivity index (χ3v) is 6.47. The van der Waals surface area contributed by atoms with E-state index in [0.717, 1.165) is 70.8 Å². The molecule has 2 saturated heterocycles. The van der Waals surface area contributed by atoms with Crippen molar-refractivity contribution >= 4 is 29.9 Å². The second-order valence-corrected chi connectivity index (χ2v) is 8.64. The number of likely N-dealkylation sites (tertiary alicyclic amines) is 1. The number of aliphatic imine (C=N–C) groups is 1. The van der Waals surface area contributed by atoms with Gasteiger partial charge in [0.1, 0.15) is 0 Å². The van der Waals surface area contributed by atoms with E-state index >= 15 is 0 Å². The summed E-state index contributed by atoms with van der Waals surface area (Å²) in [5.41, 5.74) is 0. The molecule has 2 N–H and O–H groups in total. The van der Waals surface area contributed by atoms with Crippen molar-refractivity contribution in [2.75, 3.05) is 52.6 Å². The molecule has 0 atom stereocenters. The Bertz CT molecular complexity index is 446. The van der Waals surface area contributed by atoms with Crippen LogP contribution in [0.3, 0.4) is 0 Å². The van der Waals surface area contributed by atoms with Crippen LogP contribution in [0.25, 0.3) is 0 Å². The fourth-order valence-electron chi connectivity index (χ4n) is 4.71. The van der Waals surface area contributed by atoms with Crippen LogP contribution >= 0.6 is 24.0 Å². The minimum atomic E-state index is 0. The van der Waals surface area contributed by atoms with Crippen LogP contribution in [0.4, 0.5) is 0 Å². The average Bonchev–Trinajstić information content (AvgIpc) is 3.27. The summed E-state index contributed by atoms with van der Waals surface area (Å²) in [4.78, 5) is 7.50. The first kappa shape index (κ1) is 25.1. The van der Waals surface area contributed by atoms with Crippen molar-refractivity contribution in [1.82, 2.24) is 15.5 Å². The van der Waals surface area contributed by atoms with Gasteiger partial charge in [0.05, 0.1) is 0 Å². The zero-order chi connectivity index (χ0) is 19.4. The summed E-state index contributed by atoms with van der Waals surface area (Å²) >= 11 is 0. The fourth-order valence-corrected chi connectivity index (χ4v) is 4.71. The highest BCUT2D eigenvalue weighted by molar-refractivity contribution is 14.0. The molecule has 7 heteroatoms. The van der Waals surface area contributed by atoms with Crippen LogP contribution < -0.4 is 10.6 Å². The van der Waals surface area contributed by atoms with E-state index in [0.29, 0.717) is 12.0 Å². The number of piperidine rings is 1. The highest BCUT2D eigenvalue weighted by Gasteiger charge is 2.27. The molecular weight excluding hydrogens is 479 g/mol. The second kappa shape index (κ2) is 14.8. The Morgan fingerprint density at radius 3 is 2.48 bits per heavy atom. The van der Waals surface area contributed by atoms with Crippen molar-refractivity contribution in [3.8, 4) is 0 Å². The zero-order valence-electron chi connectivity index (χ0n) is 18.4. The molecule has 0 aromatic heterocycles. The molecule has 3 fully saturated rings. The van der Waals surface area contributed by atoms with Crippen LogP contribution in [0, 0.1) is 5.92 Å². The maximum absolute atomic E-state index is 5.85. The fraction of sp³-hybridized carbons (Fsp3) is 0.955. The average molecular weight is 523 g/mol. The molecular formula is C22H43IN4O2. The van der Waals surface area contributed by atoms with Gasteiger partial charge in [0, 0.05) is 64.7 Å². The largest absolute Gasteiger partial charge is 0.381 e. The molecule has 0 aromatic carbocycles. The number of guanidine groups is 1. The molecule has 0 radical (unpaired) electrons. The number of nitrogens with zero attached hydrogens (tertiary/aromatic N) is 2. The summed E-state index contributed by atoms with van der Waals surface area (Å²) in [6.07, 6.45) is 11.4. The smallest absolute Gasteiger partial charge is 0.191 e. The number of ether oxygens (including phenoxy) is 2. The van der Waals surface area contributed by atoms with E-state index in [4.69, 9.17) is 14.5 Å². The molecule has 2 aliphatic heterocycles. The van der Waals surface area contributed by atoms with Crippen LogP contribution in [0.15, 0.2) is 4.99 Å². The number of hydrogen-bond donors (Lipinski definition) is 2. The zero-order valence-corrected chi connectivity index (χ0v) is 20.7. The monoisotopic (exact) mass is 522 g/mol. The van der Waals surface area contributed by atoms with E-state index < -0.39 is 0 Å². The molecule has 3 aliphatic rings. The quantitative estimate of drug-likeness (QED) is 0.211. The Hall–Kier alpha value is -0.120. The predicted octanol–water partition coefficient (Wildman–Crippen LogP) is 3.40. The molecule has 0 unspecified atom stereocenters. The van der Waals surface area contributed by atoms with Gasteiger partial charge in [-0.3, -0.25) is 4.99 Å². The van der Waals surface area contributed by atoms with Crippen molar-refractivity contribution in [3.63, 3.8) is 0 Å². The number of nitrogens with one attached hydrogen (secondary N) is 2. The summed E-state index contributed by atoms with van der Waals surface area (Å²) < 4.78 is 11.3. The van der Waals surface area contributed by atoms with E-state index in [9.17, 15) is 0 Å². The number of hydrogen-bond acceptors (Lipinski definition) is 4. The minimum Gasteiger partial charge on any atom is -0.381 e. The summed E-state index contributed by atoms with van der Waals surface area (Å²) in [5, 5.41) is 7.08. The molecule has 0 amide bonds. The van der Waals surface area contributed by atoms with Gasteiger partial charge in [-0.15, -0.1) is 24.0 Å². The number of rotatable bonds is 9. The molecule has 3 rings (SSSR count). The maximum atomic E-state index is 5.85. The molecule has 0 bridgehead atoms. The molecule has 170 valence electrons. The predicted molar refractivity (Wildman–Crippen MR) is 130 cm³/mol. The van der Waals surface area contributed by atoms with Crippen LogP contribution in [0.2, 0.25) is 0 Å². The first-order valence-corrected chi connectivity index (χ1v) is 11.8. The standard InChI is InChI=1S/C22H42N4O2.HI/c1-2-23-22(24-12-5-15-28-18-19-10-16-27-17-11-19)25-20-8-13-26(14-9-20)21-6-3-4-7-21;/h19-21H,2-18H2,1H3,(H2,23,24,25);1H. The van der Waals surface area contributed by atoms with E-state index in [-0.39, 0.29) is 24.0 Å². The Kier molecular flexibility index (Phi) is 12.8. The lowest BCUT2D eigenvalue weighted by Gasteiger charge is -2.36. The molecule has 1 saturated carbocycles. The van der Waals surface area contributed by atoms with Crippen LogP contribution in [0.5, 0.6) is 0 Å². The van der Waals surface area contributed by atoms with Crippen molar-refractivity contribution in [3.05, 3.63) is 0 Å². The van der Waals surface area contributed by atoms with E-state index in [1.54, 1.807) is 0 Å². The maximum Gasteiger partial charge on any atom is 0.191 e. The van der Waals surface area contributed by atoms with Crippen LogP contribution in [-0.4, -0.2) is 75.5 Å². The molecule has 29 heavy (non-hydrogen) atoms. The van der Waals surface area contributed by atoms with E-state index in [2.05, 4.69) is 22.5 Å². The summed E-state index contributed by atoms with van der Waals surface area (Å²) in [6, 6.07) is 1.42. The van der Waals surface area contributed by atoms with E-state index in [1.807, 2.05) is 0 Å². The Morgan fingerprint density at radius 1 is 1.07 bits per heavy atom. The van der Waals surface area contributed by atoms with Crippen molar-refractivity contribution in [2.45, 2.75) is 76.8 Å². The summed E-state index contributed by atoms with van der Waals surface area (Å²) in [6.45, 7) is 9.83.